The third kappa shape index (κ3) is 7.91. The molecule has 10 heteroatoms. The highest BCUT2D eigenvalue weighted by Crippen LogP contribution is 2.29. The van der Waals surface area contributed by atoms with Crippen LogP contribution in [0.1, 0.15) is 43.1 Å². The minimum absolute atomic E-state index is 0.166. The zero-order valence-electron chi connectivity index (χ0n) is 22.7. The van der Waals surface area contributed by atoms with E-state index in [0.717, 1.165) is 68.2 Å². The van der Waals surface area contributed by atoms with Crippen LogP contribution in [-0.2, 0) is 17.0 Å². The summed E-state index contributed by atoms with van der Waals surface area (Å²) in [4.78, 5) is 30.6. The molecule has 0 aliphatic carbocycles. The Bertz CT molecular complexity index is 1300. The Labute approximate surface area is 234 Å². The van der Waals surface area contributed by atoms with Crippen LogP contribution in [0.15, 0.2) is 47.6 Å². The zero-order chi connectivity index (χ0) is 27.6. The molecule has 1 fully saturated rings. The first-order valence-electron chi connectivity index (χ1n) is 13.4. The summed E-state index contributed by atoms with van der Waals surface area (Å²) in [6.07, 6.45) is 3.31. The van der Waals surface area contributed by atoms with Gasteiger partial charge in [-0.15, -0.1) is 0 Å². The van der Waals surface area contributed by atoms with E-state index in [9.17, 15) is 10.1 Å². The van der Waals surface area contributed by atoms with Crippen molar-refractivity contribution in [2.75, 3.05) is 50.8 Å². The number of aromatic nitrogens is 3. The number of nitrogen functional groups attached to an aromatic ring is 1. The lowest BCUT2D eigenvalue weighted by Gasteiger charge is -2.32. The number of aryl methyl sites for hydroxylation is 1. The van der Waals surface area contributed by atoms with Gasteiger partial charge in [-0.25, -0.2) is 9.97 Å². The lowest BCUT2D eigenvalue weighted by Crippen LogP contribution is -2.47. The average molecular weight is 545 g/mol. The van der Waals surface area contributed by atoms with Crippen LogP contribution in [0.2, 0.25) is 0 Å². The van der Waals surface area contributed by atoms with Crippen LogP contribution in [0.4, 0.5) is 11.5 Å². The number of nitriles is 1. The molecule has 1 aliphatic heterocycles. The van der Waals surface area contributed by atoms with Gasteiger partial charge in [-0.3, -0.25) is 9.78 Å². The van der Waals surface area contributed by atoms with Crippen LogP contribution in [0.25, 0.3) is 11.3 Å². The van der Waals surface area contributed by atoms with Crippen molar-refractivity contribution in [2.45, 2.75) is 43.5 Å². The number of amides is 1. The monoisotopic (exact) mass is 544 g/mol. The predicted octanol–water partition coefficient (Wildman–Crippen LogP) is 4.20. The number of carbonyl (C=O) groups excluding carboxylic acids is 1. The number of nitrogens with two attached hydrogens (primary N) is 1. The molecule has 4 rings (SSSR count). The van der Waals surface area contributed by atoms with Gasteiger partial charge in [0.05, 0.1) is 11.4 Å². The number of piperazine rings is 1. The van der Waals surface area contributed by atoms with Crippen molar-refractivity contribution in [1.29, 1.82) is 5.26 Å². The van der Waals surface area contributed by atoms with Crippen molar-refractivity contribution in [2.24, 2.45) is 0 Å². The van der Waals surface area contributed by atoms with E-state index in [1.165, 1.54) is 11.8 Å². The molecular formula is C29H36N8OS. The molecule has 3 heterocycles. The highest BCUT2D eigenvalue weighted by molar-refractivity contribution is 7.98. The van der Waals surface area contributed by atoms with Gasteiger partial charge in [0.1, 0.15) is 17.5 Å². The largest absolute Gasteiger partial charge is 0.385 e. The number of hydrogen-bond donors (Lipinski definition) is 2. The first kappa shape index (κ1) is 28.3. The second-order valence-corrected chi connectivity index (χ2v) is 10.6. The summed E-state index contributed by atoms with van der Waals surface area (Å²) in [5.41, 5.74) is 10.6. The molecule has 0 radical (unpaired) electrons. The van der Waals surface area contributed by atoms with E-state index < -0.39 is 0 Å². The van der Waals surface area contributed by atoms with Gasteiger partial charge in [-0.05, 0) is 44.2 Å². The van der Waals surface area contributed by atoms with E-state index in [1.807, 2.05) is 47.4 Å². The summed E-state index contributed by atoms with van der Waals surface area (Å²) in [5.74, 6) is 0.897. The van der Waals surface area contributed by atoms with E-state index in [1.54, 1.807) is 0 Å². The number of rotatable bonds is 11. The standard InChI is InChI=1S/C29H36N8OS/c1-3-4-14-32-22-10-8-21(9-11-22)27-25(19-30)28(31)35-29(34-27)39-20-24-7-5-6-23(33-24)12-13-26(38)37-17-15-36(2)16-18-37/h5-11,32H,3-4,12-18,20H2,1-2H3,(H2,31,34,35). The second kappa shape index (κ2) is 13.9. The molecule has 0 saturated carbocycles. The number of benzene rings is 1. The van der Waals surface area contributed by atoms with E-state index >= 15 is 0 Å². The van der Waals surface area contributed by atoms with Gasteiger partial charge in [0.15, 0.2) is 5.16 Å². The van der Waals surface area contributed by atoms with Gasteiger partial charge in [0.2, 0.25) is 5.91 Å². The Morgan fingerprint density at radius 1 is 1.08 bits per heavy atom. The Morgan fingerprint density at radius 3 is 2.54 bits per heavy atom. The Hall–Kier alpha value is -3.68. The molecule has 3 aromatic rings. The lowest BCUT2D eigenvalue weighted by molar-refractivity contribution is -0.132. The molecule has 204 valence electrons. The summed E-state index contributed by atoms with van der Waals surface area (Å²) in [5, 5.41) is 13.6. The number of pyridine rings is 1. The summed E-state index contributed by atoms with van der Waals surface area (Å²) >= 11 is 1.42. The van der Waals surface area contributed by atoms with E-state index in [2.05, 4.69) is 40.2 Å². The van der Waals surface area contributed by atoms with Gasteiger partial charge < -0.3 is 20.9 Å². The fourth-order valence-electron chi connectivity index (χ4n) is 4.33. The van der Waals surface area contributed by atoms with Gasteiger partial charge >= 0.3 is 0 Å². The quantitative estimate of drug-likeness (QED) is 0.208. The molecular weight excluding hydrogens is 508 g/mol. The summed E-state index contributed by atoms with van der Waals surface area (Å²) < 4.78 is 0. The van der Waals surface area contributed by atoms with Gasteiger partial charge in [0, 0.05) is 61.8 Å². The van der Waals surface area contributed by atoms with E-state index in [-0.39, 0.29) is 17.3 Å². The third-order valence-electron chi connectivity index (χ3n) is 6.71. The van der Waals surface area contributed by atoms with E-state index in [4.69, 9.17) is 10.7 Å². The molecule has 3 N–H and O–H groups in total. The number of thioether (sulfide) groups is 1. The van der Waals surface area contributed by atoms with Crippen LogP contribution in [0.5, 0.6) is 0 Å². The first-order valence-corrected chi connectivity index (χ1v) is 14.4. The molecule has 1 aromatic carbocycles. The number of unbranched alkanes of at least 4 members (excludes halogenated alkanes) is 1. The van der Waals surface area contributed by atoms with Crippen LogP contribution < -0.4 is 11.1 Å². The number of likely N-dealkylation sites (N-methyl/N-ethyl adjacent to an activating group) is 1. The molecule has 2 aromatic heterocycles. The minimum Gasteiger partial charge on any atom is -0.385 e. The Morgan fingerprint density at radius 2 is 1.82 bits per heavy atom. The van der Waals surface area contributed by atoms with Crippen LogP contribution in [0, 0.1) is 11.3 Å². The van der Waals surface area contributed by atoms with Crippen molar-refractivity contribution in [1.82, 2.24) is 24.8 Å². The first-order chi connectivity index (χ1) is 19.0. The number of nitrogens with zero attached hydrogens (tertiary/aromatic N) is 6. The van der Waals surface area contributed by atoms with Gasteiger partial charge in [-0.2, -0.15) is 5.26 Å². The predicted molar refractivity (Wildman–Crippen MR) is 156 cm³/mol. The highest BCUT2D eigenvalue weighted by Gasteiger charge is 2.19. The molecule has 1 saturated heterocycles. The fraction of sp³-hybridized carbons (Fsp3) is 0.414. The number of anilines is 2. The van der Waals surface area contributed by atoms with Crippen molar-refractivity contribution < 1.29 is 4.79 Å². The van der Waals surface area contributed by atoms with Crippen LogP contribution in [-0.4, -0.2) is 70.4 Å². The summed E-state index contributed by atoms with van der Waals surface area (Å²) in [7, 11) is 2.08. The maximum atomic E-state index is 12.6. The molecule has 0 bridgehead atoms. The molecule has 0 unspecified atom stereocenters. The normalized spacial score (nSPS) is 13.7. The smallest absolute Gasteiger partial charge is 0.223 e. The lowest BCUT2D eigenvalue weighted by atomic mass is 10.1. The number of hydrogen-bond acceptors (Lipinski definition) is 9. The summed E-state index contributed by atoms with van der Waals surface area (Å²) in [6, 6.07) is 15.9. The fourth-order valence-corrected chi connectivity index (χ4v) is 5.09. The summed E-state index contributed by atoms with van der Waals surface area (Å²) in [6.45, 7) is 6.49. The maximum absolute atomic E-state index is 12.6. The molecule has 0 atom stereocenters. The topological polar surface area (TPSA) is 124 Å². The average Bonchev–Trinajstić information content (AvgIpc) is 2.95. The molecule has 9 nitrogen and oxygen atoms in total. The van der Waals surface area contributed by atoms with Crippen LogP contribution >= 0.6 is 11.8 Å². The number of nitrogens with one attached hydrogen (secondary N) is 1. The third-order valence-corrected chi connectivity index (χ3v) is 7.59. The van der Waals surface area contributed by atoms with E-state index in [0.29, 0.717) is 29.4 Å². The Balaban J connectivity index is 1.39. The number of carbonyl (C=O) groups is 1. The molecule has 39 heavy (non-hydrogen) atoms. The van der Waals surface area contributed by atoms with Gasteiger partial charge in [-0.1, -0.05) is 43.3 Å². The molecule has 1 aliphatic rings. The maximum Gasteiger partial charge on any atom is 0.223 e. The second-order valence-electron chi connectivity index (χ2n) is 9.68. The highest BCUT2D eigenvalue weighted by atomic mass is 32.2. The zero-order valence-corrected chi connectivity index (χ0v) is 23.5. The van der Waals surface area contributed by atoms with Crippen LogP contribution in [0.3, 0.4) is 0 Å². The Kier molecular flexibility index (Phi) is 10.1. The van der Waals surface area contributed by atoms with Crippen molar-refractivity contribution >= 4 is 29.2 Å². The van der Waals surface area contributed by atoms with Crippen molar-refractivity contribution in [3.63, 3.8) is 0 Å². The molecule has 0 spiro atoms. The van der Waals surface area contributed by atoms with Gasteiger partial charge in [0.25, 0.3) is 0 Å². The van der Waals surface area contributed by atoms with Crippen molar-refractivity contribution in [3.05, 3.63) is 59.4 Å². The molecule has 1 amide bonds. The SMILES string of the molecule is CCCCNc1ccc(-c2nc(SCc3cccc(CCC(=O)N4CCN(C)CC4)n3)nc(N)c2C#N)cc1. The van der Waals surface area contributed by atoms with Crippen molar-refractivity contribution in [3.8, 4) is 17.3 Å². The minimum atomic E-state index is 0.166.